The van der Waals surface area contributed by atoms with E-state index in [2.05, 4.69) is 33.3 Å². The van der Waals surface area contributed by atoms with Crippen molar-refractivity contribution in [3.8, 4) is 11.8 Å². The summed E-state index contributed by atoms with van der Waals surface area (Å²) in [5, 5.41) is 11.6. The Labute approximate surface area is 174 Å². The van der Waals surface area contributed by atoms with Crippen LogP contribution in [-0.4, -0.2) is 56.2 Å². The van der Waals surface area contributed by atoms with Gasteiger partial charge in [-0.1, -0.05) is 6.07 Å². The Morgan fingerprint density at radius 1 is 1.21 bits per heavy atom. The Balaban J connectivity index is 1.34. The Morgan fingerprint density at radius 2 is 1.97 bits per heavy atom. The molecule has 6 heteroatoms. The molecule has 1 heterocycles. The fourth-order valence-electron chi connectivity index (χ4n) is 4.48. The third-order valence-electron chi connectivity index (χ3n) is 6.17. The molecule has 6 nitrogen and oxygen atoms in total. The van der Waals surface area contributed by atoms with Gasteiger partial charge in [0.2, 0.25) is 5.91 Å². The van der Waals surface area contributed by atoms with Gasteiger partial charge in [-0.05, 0) is 63.6 Å². The summed E-state index contributed by atoms with van der Waals surface area (Å²) in [6.07, 6.45) is 5.68. The number of piperazine rings is 1. The summed E-state index contributed by atoms with van der Waals surface area (Å²) in [7, 11) is 0. The third kappa shape index (κ3) is 6.64. The van der Waals surface area contributed by atoms with Gasteiger partial charge in [0.25, 0.3) is 0 Å². The molecule has 0 aromatic heterocycles. The van der Waals surface area contributed by atoms with Gasteiger partial charge in [-0.15, -0.1) is 0 Å². The number of carbonyl (C=O) groups excluding carboxylic acids is 1. The molecular formula is C23H34N4O2. The van der Waals surface area contributed by atoms with Crippen molar-refractivity contribution in [1.29, 1.82) is 5.26 Å². The van der Waals surface area contributed by atoms with E-state index in [0.717, 1.165) is 50.7 Å². The monoisotopic (exact) mass is 398 g/mol. The topological polar surface area (TPSA) is 68.6 Å². The summed E-state index contributed by atoms with van der Waals surface area (Å²) in [6.45, 7) is 8.23. The van der Waals surface area contributed by atoms with Crippen LogP contribution in [0.4, 0.5) is 5.69 Å². The summed E-state index contributed by atoms with van der Waals surface area (Å²) < 4.78 is 5.63. The quantitative estimate of drug-likeness (QED) is 0.728. The second-order valence-corrected chi connectivity index (χ2v) is 8.17. The maximum Gasteiger partial charge on any atom is 0.234 e. The van der Waals surface area contributed by atoms with Crippen LogP contribution < -0.4 is 15.0 Å². The van der Waals surface area contributed by atoms with Crippen molar-refractivity contribution in [3.63, 3.8) is 0 Å². The molecule has 0 unspecified atom stereocenters. The lowest BCUT2D eigenvalue weighted by Gasteiger charge is -2.37. The first-order valence-electron chi connectivity index (χ1n) is 11.0. The minimum Gasteiger partial charge on any atom is -0.494 e. The van der Waals surface area contributed by atoms with Crippen molar-refractivity contribution in [2.45, 2.75) is 51.5 Å². The molecule has 1 saturated heterocycles. The van der Waals surface area contributed by atoms with Crippen molar-refractivity contribution in [3.05, 3.63) is 24.3 Å². The van der Waals surface area contributed by atoms with E-state index in [-0.39, 0.29) is 18.4 Å². The SMILES string of the molecule is CCOc1cccc(N2CCN(CC[C@H]3CC[C@H](NC(=O)CC#N)CC3)CC2)c1. The predicted octanol–water partition coefficient (Wildman–Crippen LogP) is 3.19. The molecule has 2 fully saturated rings. The van der Waals surface area contributed by atoms with Crippen LogP contribution in [0.2, 0.25) is 0 Å². The van der Waals surface area contributed by atoms with Gasteiger partial charge in [-0.25, -0.2) is 0 Å². The number of benzene rings is 1. The number of nitriles is 1. The molecule has 1 aliphatic carbocycles. The van der Waals surface area contributed by atoms with Crippen LogP contribution in [0.25, 0.3) is 0 Å². The van der Waals surface area contributed by atoms with E-state index in [1.165, 1.54) is 31.5 Å². The molecule has 1 N–H and O–H groups in total. The molecule has 1 aromatic carbocycles. The van der Waals surface area contributed by atoms with Crippen LogP contribution in [0.15, 0.2) is 24.3 Å². The lowest BCUT2D eigenvalue weighted by atomic mass is 9.84. The van der Waals surface area contributed by atoms with Gasteiger partial charge in [0.1, 0.15) is 12.2 Å². The van der Waals surface area contributed by atoms with Crippen molar-refractivity contribution in [1.82, 2.24) is 10.2 Å². The molecule has 0 atom stereocenters. The molecule has 0 spiro atoms. The van der Waals surface area contributed by atoms with E-state index < -0.39 is 0 Å². The summed E-state index contributed by atoms with van der Waals surface area (Å²) in [5.41, 5.74) is 1.26. The average molecular weight is 399 g/mol. The summed E-state index contributed by atoms with van der Waals surface area (Å²) in [5.74, 6) is 1.59. The highest BCUT2D eigenvalue weighted by Gasteiger charge is 2.24. The smallest absolute Gasteiger partial charge is 0.234 e. The van der Waals surface area contributed by atoms with Crippen LogP contribution in [0.5, 0.6) is 5.75 Å². The predicted molar refractivity (Wildman–Crippen MR) is 115 cm³/mol. The van der Waals surface area contributed by atoms with Gasteiger partial charge >= 0.3 is 0 Å². The molecule has 29 heavy (non-hydrogen) atoms. The molecular weight excluding hydrogens is 364 g/mol. The zero-order chi connectivity index (χ0) is 20.5. The van der Waals surface area contributed by atoms with E-state index in [1.807, 2.05) is 19.1 Å². The minimum atomic E-state index is -0.124. The van der Waals surface area contributed by atoms with Crippen molar-refractivity contribution in [2.24, 2.45) is 5.92 Å². The summed E-state index contributed by atoms with van der Waals surface area (Å²) in [4.78, 5) is 16.6. The Morgan fingerprint density at radius 3 is 2.66 bits per heavy atom. The standard InChI is InChI=1S/C23H34N4O2/c1-2-29-22-5-3-4-21(18-22)27-16-14-26(15-17-27)13-11-19-6-8-20(9-7-19)25-23(28)10-12-24/h3-5,18-20H,2,6-11,13-17H2,1H3,(H,25,28)/t19-,20-. The van der Waals surface area contributed by atoms with Crippen LogP contribution >= 0.6 is 0 Å². The number of rotatable bonds is 8. The summed E-state index contributed by atoms with van der Waals surface area (Å²) in [6, 6.07) is 10.6. The largest absolute Gasteiger partial charge is 0.494 e. The maximum absolute atomic E-state index is 11.6. The van der Waals surface area contributed by atoms with Crippen molar-refractivity contribution in [2.75, 3.05) is 44.2 Å². The molecule has 1 saturated carbocycles. The number of anilines is 1. The minimum absolute atomic E-state index is 0.0260. The molecule has 158 valence electrons. The second kappa shape index (κ2) is 11.1. The second-order valence-electron chi connectivity index (χ2n) is 8.17. The molecule has 1 aromatic rings. The molecule has 3 rings (SSSR count). The number of hydrogen-bond donors (Lipinski definition) is 1. The fourth-order valence-corrected chi connectivity index (χ4v) is 4.48. The molecule has 0 bridgehead atoms. The van der Waals surface area contributed by atoms with Crippen LogP contribution in [-0.2, 0) is 4.79 Å². The van der Waals surface area contributed by atoms with Gasteiger partial charge in [-0.3, -0.25) is 9.69 Å². The lowest BCUT2D eigenvalue weighted by molar-refractivity contribution is -0.121. The van der Waals surface area contributed by atoms with E-state index in [4.69, 9.17) is 10.00 Å². The van der Waals surface area contributed by atoms with E-state index in [0.29, 0.717) is 6.61 Å². The van der Waals surface area contributed by atoms with Crippen molar-refractivity contribution >= 4 is 11.6 Å². The van der Waals surface area contributed by atoms with Gasteiger partial charge in [-0.2, -0.15) is 5.26 Å². The van der Waals surface area contributed by atoms with E-state index in [1.54, 1.807) is 0 Å². The Bertz CT molecular complexity index is 686. The number of carbonyl (C=O) groups is 1. The van der Waals surface area contributed by atoms with Crippen LogP contribution in [0, 0.1) is 17.2 Å². The van der Waals surface area contributed by atoms with Gasteiger partial charge in [0, 0.05) is 44.0 Å². The normalized spacial score (nSPS) is 22.7. The molecule has 1 amide bonds. The first-order chi connectivity index (χ1) is 14.2. The number of amides is 1. The Kier molecular flexibility index (Phi) is 8.18. The highest BCUT2D eigenvalue weighted by atomic mass is 16.5. The molecule has 1 aliphatic heterocycles. The fraction of sp³-hybridized carbons (Fsp3) is 0.652. The zero-order valence-corrected chi connectivity index (χ0v) is 17.6. The number of ether oxygens (including phenoxy) is 1. The maximum atomic E-state index is 11.6. The highest BCUT2D eigenvalue weighted by Crippen LogP contribution is 2.28. The third-order valence-corrected chi connectivity index (χ3v) is 6.17. The van der Waals surface area contributed by atoms with Gasteiger partial charge in [0.05, 0.1) is 12.7 Å². The van der Waals surface area contributed by atoms with Gasteiger partial charge < -0.3 is 15.0 Å². The summed E-state index contributed by atoms with van der Waals surface area (Å²) >= 11 is 0. The number of nitrogens with one attached hydrogen (secondary N) is 1. The van der Waals surface area contributed by atoms with Crippen LogP contribution in [0.3, 0.4) is 0 Å². The van der Waals surface area contributed by atoms with E-state index in [9.17, 15) is 4.79 Å². The molecule has 0 radical (unpaired) electrons. The first-order valence-corrected chi connectivity index (χ1v) is 11.0. The Hall–Kier alpha value is -2.26. The highest BCUT2D eigenvalue weighted by molar-refractivity contribution is 5.78. The van der Waals surface area contributed by atoms with Crippen molar-refractivity contribution < 1.29 is 9.53 Å². The average Bonchev–Trinajstić information content (AvgIpc) is 2.74. The lowest BCUT2D eigenvalue weighted by Crippen LogP contribution is -2.47. The van der Waals surface area contributed by atoms with Crippen LogP contribution in [0.1, 0.15) is 45.4 Å². The molecule has 2 aliphatic rings. The number of hydrogen-bond acceptors (Lipinski definition) is 5. The number of nitrogens with zero attached hydrogens (tertiary/aromatic N) is 3. The van der Waals surface area contributed by atoms with E-state index >= 15 is 0 Å². The zero-order valence-electron chi connectivity index (χ0n) is 17.6. The first kappa shape index (κ1) is 21.4. The van der Waals surface area contributed by atoms with Gasteiger partial charge in [0.15, 0.2) is 0 Å².